The van der Waals surface area contributed by atoms with Crippen LogP contribution in [-0.2, 0) is 6.54 Å². The van der Waals surface area contributed by atoms with E-state index >= 15 is 0 Å². The summed E-state index contributed by atoms with van der Waals surface area (Å²) in [5.74, 6) is -0.0135. The molecule has 0 aromatic carbocycles. The second kappa shape index (κ2) is 5.44. The second-order valence-corrected chi connectivity index (χ2v) is 5.07. The molecule has 5 heteroatoms. The summed E-state index contributed by atoms with van der Waals surface area (Å²) in [4.78, 5) is 14.4. The Kier molecular flexibility index (Phi) is 3.91. The number of hydrogen-bond donors (Lipinski definition) is 2. The molecule has 3 N–H and O–H groups in total. The first-order valence-corrected chi connectivity index (χ1v) is 6.55. The maximum absolute atomic E-state index is 12.2. The van der Waals surface area contributed by atoms with Crippen LogP contribution in [0.1, 0.15) is 30.3 Å². The number of amides is 1. The van der Waals surface area contributed by atoms with Crippen LogP contribution in [0.4, 0.5) is 5.69 Å². The smallest absolute Gasteiger partial charge is 0.268 e. The molecular weight excluding hydrogens is 228 g/mol. The molecule has 1 aromatic heterocycles. The van der Waals surface area contributed by atoms with E-state index in [1.54, 1.807) is 6.07 Å². The highest BCUT2D eigenvalue weighted by atomic mass is 16.2. The highest BCUT2D eigenvalue weighted by Crippen LogP contribution is 2.13. The standard InChI is InChI=1S/C13H22N4O/c1-3-5-17-8-10(14)7-12(17)13(18)15-11-4-6-16(2)9-11/h7-8,11H,3-6,9,14H2,1-2H3,(H,15,18). The number of rotatable bonds is 4. The van der Waals surface area contributed by atoms with Gasteiger partial charge in [0.05, 0.1) is 5.69 Å². The van der Waals surface area contributed by atoms with Crippen LogP contribution < -0.4 is 11.1 Å². The van der Waals surface area contributed by atoms with Crippen LogP contribution in [0.15, 0.2) is 12.3 Å². The van der Waals surface area contributed by atoms with Crippen molar-refractivity contribution in [3.05, 3.63) is 18.0 Å². The van der Waals surface area contributed by atoms with Crippen LogP contribution in [0.2, 0.25) is 0 Å². The van der Waals surface area contributed by atoms with Gasteiger partial charge in [0.1, 0.15) is 5.69 Å². The number of likely N-dealkylation sites (tertiary alicyclic amines) is 1. The molecule has 1 atom stereocenters. The zero-order chi connectivity index (χ0) is 13.1. The van der Waals surface area contributed by atoms with Crippen LogP contribution in [0.3, 0.4) is 0 Å². The van der Waals surface area contributed by atoms with E-state index in [1.165, 1.54) is 0 Å². The third-order valence-electron chi connectivity index (χ3n) is 3.34. The van der Waals surface area contributed by atoms with Gasteiger partial charge < -0.3 is 20.5 Å². The van der Waals surface area contributed by atoms with Crippen LogP contribution >= 0.6 is 0 Å². The molecule has 2 heterocycles. The van der Waals surface area contributed by atoms with Gasteiger partial charge in [-0.1, -0.05) is 6.92 Å². The Morgan fingerprint density at radius 2 is 2.39 bits per heavy atom. The van der Waals surface area contributed by atoms with Crippen molar-refractivity contribution >= 4 is 11.6 Å². The van der Waals surface area contributed by atoms with Gasteiger partial charge in [-0.15, -0.1) is 0 Å². The van der Waals surface area contributed by atoms with E-state index < -0.39 is 0 Å². The number of carbonyl (C=O) groups is 1. The number of nitrogen functional groups attached to an aromatic ring is 1. The normalized spacial score (nSPS) is 20.2. The number of likely N-dealkylation sites (N-methyl/N-ethyl adjacent to an activating group) is 1. The Morgan fingerprint density at radius 3 is 3.00 bits per heavy atom. The topological polar surface area (TPSA) is 63.3 Å². The summed E-state index contributed by atoms with van der Waals surface area (Å²) < 4.78 is 1.93. The van der Waals surface area contributed by atoms with Crippen molar-refractivity contribution in [2.45, 2.75) is 32.4 Å². The predicted molar refractivity (Wildman–Crippen MR) is 72.5 cm³/mol. The minimum atomic E-state index is -0.0135. The molecule has 0 saturated carbocycles. The fourth-order valence-electron chi connectivity index (χ4n) is 2.46. The molecule has 1 amide bonds. The van der Waals surface area contributed by atoms with Gasteiger partial charge in [0.2, 0.25) is 0 Å². The van der Waals surface area contributed by atoms with E-state index in [0.29, 0.717) is 11.4 Å². The summed E-state index contributed by atoms with van der Waals surface area (Å²) in [6.07, 6.45) is 3.84. The zero-order valence-corrected chi connectivity index (χ0v) is 11.1. The second-order valence-electron chi connectivity index (χ2n) is 5.07. The maximum Gasteiger partial charge on any atom is 0.268 e. The summed E-state index contributed by atoms with van der Waals surface area (Å²) in [6.45, 7) is 4.88. The van der Waals surface area contributed by atoms with Gasteiger partial charge in [0.15, 0.2) is 0 Å². The van der Waals surface area contributed by atoms with Gasteiger partial charge in [0, 0.05) is 25.3 Å². The minimum Gasteiger partial charge on any atom is -0.397 e. The van der Waals surface area contributed by atoms with Crippen LogP contribution in [-0.4, -0.2) is 41.6 Å². The number of aryl methyl sites for hydroxylation is 1. The van der Waals surface area contributed by atoms with E-state index in [1.807, 2.05) is 10.8 Å². The summed E-state index contributed by atoms with van der Waals surface area (Å²) in [6, 6.07) is 2.01. The number of nitrogens with one attached hydrogen (secondary N) is 1. The lowest BCUT2D eigenvalue weighted by Gasteiger charge is -2.14. The molecule has 1 saturated heterocycles. The average Bonchev–Trinajstić information content (AvgIpc) is 2.86. The minimum absolute atomic E-state index is 0.0135. The zero-order valence-electron chi connectivity index (χ0n) is 11.1. The van der Waals surface area contributed by atoms with Crippen LogP contribution in [0, 0.1) is 0 Å². The summed E-state index contributed by atoms with van der Waals surface area (Å²) in [5.41, 5.74) is 7.09. The average molecular weight is 250 g/mol. The number of anilines is 1. The molecule has 1 aliphatic heterocycles. The van der Waals surface area contributed by atoms with Crippen molar-refractivity contribution in [1.29, 1.82) is 0 Å². The Bertz CT molecular complexity index is 427. The third kappa shape index (κ3) is 2.85. The number of nitrogens with two attached hydrogens (primary N) is 1. The van der Waals surface area contributed by atoms with Crippen molar-refractivity contribution in [3.8, 4) is 0 Å². The Balaban J connectivity index is 2.04. The van der Waals surface area contributed by atoms with E-state index in [9.17, 15) is 4.79 Å². The van der Waals surface area contributed by atoms with Gasteiger partial charge in [0.25, 0.3) is 5.91 Å². The van der Waals surface area contributed by atoms with Crippen molar-refractivity contribution in [2.75, 3.05) is 25.9 Å². The summed E-state index contributed by atoms with van der Waals surface area (Å²) in [5, 5.41) is 3.08. The predicted octanol–water partition coefficient (Wildman–Crippen LogP) is 0.914. The number of nitrogens with zero attached hydrogens (tertiary/aromatic N) is 2. The monoisotopic (exact) mass is 250 g/mol. The Hall–Kier alpha value is -1.49. The molecule has 0 radical (unpaired) electrons. The third-order valence-corrected chi connectivity index (χ3v) is 3.34. The molecule has 5 nitrogen and oxygen atoms in total. The molecule has 1 unspecified atom stereocenters. The molecule has 0 aliphatic carbocycles. The first kappa shape index (κ1) is 13.0. The highest BCUT2D eigenvalue weighted by Gasteiger charge is 2.22. The van der Waals surface area contributed by atoms with Crippen LogP contribution in [0.5, 0.6) is 0 Å². The molecular formula is C13H22N4O. The number of carbonyl (C=O) groups excluding carboxylic acids is 1. The fraction of sp³-hybridized carbons (Fsp3) is 0.615. The molecule has 1 aromatic rings. The van der Waals surface area contributed by atoms with Gasteiger partial charge in [-0.05, 0) is 32.5 Å². The maximum atomic E-state index is 12.2. The quantitative estimate of drug-likeness (QED) is 0.835. The van der Waals surface area contributed by atoms with Crippen molar-refractivity contribution in [1.82, 2.24) is 14.8 Å². The van der Waals surface area contributed by atoms with Gasteiger partial charge in [-0.3, -0.25) is 4.79 Å². The lowest BCUT2D eigenvalue weighted by molar-refractivity contribution is 0.0929. The number of aromatic nitrogens is 1. The molecule has 100 valence electrons. The Labute approximate surface area is 108 Å². The molecule has 1 aliphatic rings. The van der Waals surface area contributed by atoms with Gasteiger partial charge >= 0.3 is 0 Å². The van der Waals surface area contributed by atoms with Crippen molar-refractivity contribution < 1.29 is 4.79 Å². The molecule has 2 rings (SSSR count). The highest BCUT2D eigenvalue weighted by molar-refractivity contribution is 5.94. The van der Waals surface area contributed by atoms with E-state index in [4.69, 9.17) is 5.73 Å². The first-order valence-electron chi connectivity index (χ1n) is 6.55. The lowest BCUT2D eigenvalue weighted by atomic mass is 10.2. The van der Waals surface area contributed by atoms with Crippen molar-refractivity contribution in [3.63, 3.8) is 0 Å². The molecule has 18 heavy (non-hydrogen) atoms. The summed E-state index contributed by atoms with van der Waals surface area (Å²) >= 11 is 0. The molecule has 1 fully saturated rings. The van der Waals surface area contributed by atoms with E-state index in [2.05, 4.69) is 24.2 Å². The molecule has 0 spiro atoms. The largest absolute Gasteiger partial charge is 0.397 e. The lowest BCUT2D eigenvalue weighted by Crippen LogP contribution is -2.37. The van der Waals surface area contributed by atoms with E-state index in [-0.39, 0.29) is 11.9 Å². The van der Waals surface area contributed by atoms with Gasteiger partial charge in [-0.25, -0.2) is 0 Å². The van der Waals surface area contributed by atoms with Crippen molar-refractivity contribution in [2.24, 2.45) is 0 Å². The van der Waals surface area contributed by atoms with E-state index in [0.717, 1.165) is 32.5 Å². The number of hydrogen-bond acceptors (Lipinski definition) is 3. The summed E-state index contributed by atoms with van der Waals surface area (Å²) in [7, 11) is 2.07. The first-order chi connectivity index (χ1) is 8.60. The fourth-order valence-corrected chi connectivity index (χ4v) is 2.46. The molecule has 0 bridgehead atoms. The SMILES string of the molecule is CCCn1cc(N)cc1C(=O)NC1CCN(C)C1. The van der Waals surface area contributed by atoms with Gasteiger partial charge in [-0.2, -0.15) is 0 Å². The Morgan fingerprint density at radius 1 is 1.61 bits per heavy atom. The van der Waals surface area contributed by atoms with Crippen LogP contribution in [0.25, 0.3) is 0 Å².